The SMILES string of the molecule is CCO[Si](C)(OCC)[Si](C)(OCC)OCC.CO[Si](OC)(c1ccccc1)[Si](OC)(OC)c1ccccc1. The van der Waals surface area contributed by atoms with Crippen LogP contribution >= 0.6 is 0 Å². The smallest absolute Gasteiger partial charge is 0.394 e. The Hall–Kier alpha value is -1.01. The van der Waals surface area contributed by atoms with Gasteiger partial charge in [0.25, 0.3) is 0 Å². The minimum atomic E-state index is -2.95. The fourth-order valence-electron chi connectivity index (χ4n) is 4.58. The van der Waals surface area contributed by atoms with Gasteiger partial charge in [0.1, 0.15) is 0 Å². The van der Waals surface area contributed by atoms with Gasteiger partial charge in [0.15, 0.2) is 0 Å². The first-order valence-corrected chi connectivity index (χ1v) is 23.3. The number of benzene rings is 2. The van der Waals surface area contributed by atoms with Gasteiger partial charge < -0.3 is 35.4 Å². The third kappa shape index (κ3) is 7.59. The minimum Gasteiger partial charge on any atom is -0.394 e. The summed E-state index contributed by atoms with van der Waals surface area (Å²) in [6, 6.07) is 19.9. The predicted octanol–water partition coefficient (Wildman–Crippen LogP) is 3.70. The summed E-state index contributed by atoms with van der Waals surface area (Å²) in [5, 5.41) is 2.00. The van der Waals surface area contributed by atoms with Crippen LogP contribution in [0.25, 0.3) is 0 Å². The molecule has 0 atom stereocenters. The average molecular weight is 601 g/mol. The summed E-state index contributed by atoms with van der Waals surface area (Å²) in [5.41, 5.74) is 0. The summed E-state index contributed by atoms with van der Waals surface area (Å²) in [6.45, 7) is 14.6. The minimum absolute atomic E-state index is 0.644. The Kier molecular flexibility index (Phi) is 15.6. The topological polar surface area (TPSA) is 73.8 Å². The van der Waals surface area contributed by atoms with Gasteiger partial charge in [0.05, 0.1) is 0 Å². The van der Waals surface area contributed by atoms with Crippen LogP contribution in [-0.2, 0) is 35.4 Å². The van der Waals surface area contributed by atoms with Gasteiger partial charge >= 0.3 is 32.3 Å². The van der Waals surface area contributed by atoms with E-state index in [0.717, 1.165) is 10.4 Å². The summed E-state index contributed by atoms with van der Waals surface area (Å²) in [5.74, 6) is 0. The fourth-order valence-corrected chi connectivity index (χ4v) is 23.8. The van der Waals surface area contributed by atoms with Gasteiger partial charge in [0.2, 0.25) is 0 Å². The van der Waals surface area contributed by atoms with Crippen LogP contribution < -0.4 is 10.4 Å². The second-order valence-corrected chi connectivity index (χ2v) is 28.0. The number of hydrogen-bond acceptors (Lipinski definition) is 8. The number of rotatable bonds is 16. The third-order valence-corrected chi connectivity index (χ3v) is 30.2. The molecular formula is C26H48O8Si4. The van der Waals surface area contributed by atoms with E-state index in [-0.39, 0.29) is 0 Å². The van der Waals surface area contributed by atoms with Crippen molar-refractivity contribution in [2.75, 3.05) is 54.9 Å². The Morgan fingerprint density at radius 2 is 0.684 bits per heavy atom. The van der Waals surface area contributed by atoms with Crippen LogP contribution in [0.4, 0.5) is 0 Å². The molecule has 0 amide bonds. The number of hydrogen-bond donors (Lipinski definition) is 0. The molecule has 0 heterocycles. The van der Waals surface area contributed by atoms with Crippen molar-refractivity contribution in [3.63, 3.8) is 0 Å². The van der Waals surface area contributed by atoms with Crippen molar-refractivity contribution in [3.8, 4) is 0 Å². The molecule has 0 aliphatic heterocycles. The molecule has 216 valence electrons. The van der Waals surface area contributed by atoms with E-state index in [1.54, 1.807) is 28.4 Å². The lowest BCUT2D eigenvalue weighted by atomic mass is 10.4. The molecule has 2 rings (SSSR count). The molecule has 0 aromatic heterocycles. The highest BCUT2D eigenvalue weighted by atomic mass is 29.3. The molecular weight excluding hydrogens is 553 g/mol. The maximum absolute atomic E-state index is 6.00. The van der Waals surface area contributed by atoms with Gasteiger partial charge in [-0.05, 0) is 51.2 Å². The van der Waals surface area contributed by atoms with Gasteiger partial charge in [-0.2, -0.15) is 0 Å². The van der Waals surface area contributed by atoms with Crippen LogP contribution in [0.2, 0.25) is 13.1 Å². The first-order chi connectivity index (χ1) is 18.2. The summed E-state index contributed by atoms with van der Waals surface area (Å²) < 4.78 is 47.5. The molecule has 0 spiro atoms. The van der Waals surface area contributed by atoms with Crippen LogP contribution in [0, 0.1) is 0 Å². The first-order valence-electron chi connectivity index (χ1n) is 13.1. The lowest BCUT2D eigenvalue weighted by Crippen LogP contribution is -2.80. The Labute approximate surface area is 234 Å². The molecule has 0 bridgehead atoms. The third-order valence-electron chi connectivity index (χ3n) is 6.39. The van der Waals surface area contributed by atoms with Crippen molar-refractivity contribution in [1.29, 1.82) is 0 Å². The summed E-state index contributed by atoms with van der Waals surface area (Å²) in [4.78, 5) is 0. The predicted molar refractivity (Wildman–Crippen MR) is 161 cm³/mol. The molecule has 0 saturated carbocycles. The molecule has 0 N–H and O–H groups in total. The van der Waals surface area contributed by atoms with E-state index in [4.69, 9.17) is 35.4 Å². The zero-order valence-corrected chi connectivity index (χ0v) is 28.9. The molecule has 2 aromatic rings. The van der Waals surface area contributed by atoms with E-state index in [1.807, 2.05) is 88.4 Å². The van der Waals surface area contributed by atoms with E-state index in [9.17, 15) is 0 Å². The van der Waals surface area contributed by atoms with Crippen LogP contribution in [0.5, 0.6) is 0 Å². The molecule has 2 aromatic carbocycles. The van der Waals surface area contributed by atoms with Gasteiger partial charge in [-0.15, -0.1) is 0 Å². The maximum atomic E-state index is 6.00. The van der Waals surface area contributed by atoms with E-state index in [1.165, 1.54) is 0 Å². The van der Waals surface area contributed by atoms with Crippen molar-refractivity contribution >= 4 is 42.7 Å². The summed E-state index contributed by atoms with van der Waals surface area (Å²) >= 11 is 0. The van der Waals surface area contributed by atoms with Crippen LogP contribution in [0.3, 0.4) is 0 Å². The second-order valence-electron chi connectivity index (χ2n) is 8.41. The Balaban J connectivity index is 0.000000403. The van der Waals surface area contributed by atoms with Crippen LogP contribution in [-0.4, -0.2) is 87.2 Å². The van der Waals surface area contributed by atoms with Gasteiger partial charge in [-0.3, -0.25) is 0 Å². The zero-order chi connectivity index (χ0) is 28.7. The Morgan fingerprint density at radius 1 is 0.447 bits per heavy atom. The van der Waals surface area contributed by atoms with Crippen molar-refractivity contribution in [2.24, 2.45) is 0 Å². The monoisotopic (exact) mass is 600 g/mol. The normalized spacial score (nSPS) is 12.7. The maximum Gasteiger partial charge on any atom is 0.423 e. The van der Waals surface area contributed by atoms with Crippen molar-refractivity contribution < 1.29 is 35.4 Å². The van der Waals surface area contributed by atoms with Gasteiger partial charge in [-0.1, -0.05) is 60.7 Å². The highest BCUT2D eigenvalue weighted by Gasteiger charge is 2.66. The molecule has 0 radical (unpaired) electrons. The summed E-state index contributed by atoms with van der Waals surface area (Å²) in [6.07, 6.45) is 0. The van der Waals surface area contributed by atoms with E-state index in [0.29, 0.717) is 26.4 Å². The van der Waals surface area contributed by atoms with Crippen molar-refractivity contribution in [3.05, 3.63) is 60.7 Å². The van der Waals surface area contributed by atoms with Crippen molar-refractivity contribution in [2.45, 2.75) is 40.8 Å². The van der Waals surface area contributed by atoms with E-state index >= 15 is 0 Å². The first kappa shape index (κ1) is 35.0. The van der Waals surface area contributed by atoms with Gasteiger partial charge in [0, 0.05) is 54.9 Å². The van der Waals surface area contributed by atoms with Crippen molar-refractivity contribution in [1.82, 2.24) is 0 Å². The fraction of sp³-hybridized carbons (Fsp3) is 0.538. The molecule has 12 heteroatoms. The average Bonchev–Trinajstić information content (AvgIpc) is 2.94. The zero-order valence-electron chi connectivity index (χ0n) is 24.9. The lowest BCUT2D eigenvalue weighted by Gasteiger charge is -2.40. The highest BCUT2D eigenvalue weighted by Crippen LogP contribution is 2.25. The van der Waals surface area contributed by atoms with Gasteiger partial charge in [-0.25, -0.2) is 0 Å². The molecule has 38 heavy (non-hydrogen) atoms. The Morgan fingerprint density at radius 3 is 0.868 bits per heavy atom. The summed E-state index contributed by atoms with van der Waals surface area (Å²) in [7, 11) is -3.90. The Bertz CT molecular complexity index is 798. The molecule has 0 aliphatic carbocycles. The molecule has 0 saturated heterocycles. The standard InChI is InChI=1S/C16H22O4Si2.C10H26O4Si2/c1-17-21(18-2,15-11-7-5-8-12-15)22(19-3,20-4)16-13-9-6-10-14-16;1-7-11-15(5,12-8-2)16(6,13-9-3)14-10-4/h5-14H,1-4H3;7-10H2,1-6H3. The molecule has 0 aliphatic rings. The van der Waals surface area contributed by atoms with E-state index < -0.39 is 32.3 Å². The highest BCUT2D eigenvalue weighted by molar-refractivity contribution is 7.41. The van der Waals surface area contributed by atoms with Crippen LogP contribution in [0.15, 0.2) is 60.7 Å². The van der Waals surface area contributed by atoms with E-state index in [2.05, 4.69) is 13.1 Å². The molecule has 0 fully saturated rings. The molecule has 8 nitrogen and oxygen atoms in total. The quantitative estimate of drug-likeness (QED) is 0.270. The largest absolute Gasteiger partial charge is 0.423 e. The van der Waals surface area contributed by atoms with Crippen LogP contribution in [0.1, 0.15) is 27.7 Å². The molecule has 0 unspecified atom stereocenters. The lowest BCUT2D eigenvalue weighted by molar-refractivity contribution is 0.151. The second kappa shape index (κ2) is 16.9.